The summed E-state index contributed by atoms with van der Waals surface area (Å²) in [4.78, 5) is 4.83. The molecule has 1 aromatic heterocycles. The van der Waals surface area contributed by atoms with Crippen molar-refractivity contribution in [3.8, 4) is 11.3 Å². The number of fused-ring (bicyclic) bond motifs is 1. The van der Waals surface area contributed by atoms with E-state index in [2.05, 4.69) is 31.3 Å². The molecule has 3 heteroatoms. The molecule has 3 aromatic rings. The van der Waals surface area contributed by atoms with E-state index in [9.17, 15) is 0 Å². The molecule has 0 aliphatic heterocycles. The fourth-order valence-electron chi connectivity index (χ4n) is 2.61. The van der Waals surface area contributed by atoms with Gasteiger partial charge in [-0.15, -0.1) is 0 Å². The van der Waals surface area contributed by atoms with Gasteiger partial charge in [0.15, 0.2) is 0 Å². The summed E-state index contributed by atoms with van der Waals surface area (Å²) < 4.78 is 0. The smallest absolute Gasteiger partial charge is 0.0759 e. The number of hydrogen-bond donors (Lipinski definition) is 1. The van der Waals surface area contributed by atoms with E-state index in [0.717, 1.165) is 45.0 Å². The van der Waals surface area contributed by atoms with Gasteiger partial charge < -0.3 is 5.32 Å². The van der Waals surface area contributed by atoms with Crippen LogP contribution in [0.5, 0.6) is 0 Å². The Morgan fingerprint density at radius 3 is 2.57 bits per heavy atom. The van der Waals surface area contributed by atoms with E-state index in [1.54, 1.807) is 0 Å². The highest BCUT2D eigenvalue weighted by Gasteiger charge is 2.13. The van der Waals surface area contributed by atoms with Crippen molar-refractivity contribution in [3.63, 3.8) is 0 Å². The second-order valence-corrected chi connectivity index (χ2v) is 5.45. The molecular formula is C18H17ClN2. The number of benzene rings is 2. The summed E-state index contributed by atoms with van der Waals surface area (Å²) in [6, 6.07) is 16.1. The quantitative estimate of drug-likeness (QED) is 0.710. The summed E-state index contributed by atoms with van der Waals surface area (Å²) in [5, 5.41) is 5.26. The maximum absolute atomic E-state index is 6.14. The first-order chi connectivity index (χ1) is 10.2. The summed E-state index contributed by atoms with van der Waals surface area (Å²) in [6.45, 7) is 5.06. The van der Waals surface area contributed by atoms with Crippen LogP contribution in [-0.4, -0.2) is 11.5 Å². The lowest BCUT2D eigenvalue weighted by atomic mass is 10.0. The van der Waals surface area contributed by atoms with Gasteiger partial charge in [0.25, 0.3) is 0 Å². The molecule has 0 aliphatic rings. The van der Waals surface area contributed by atoms with Crippen LogP contribution in [0.4, 0.5) is 5.69 Å². The lowest BCUT2D eigenvalue weighted by Crippen LogP contribution is -2.03. The zero-order valence-corrected chi connectivity index (χ0v) is 12.9. The molecule has 106 valence electrons. The molecule has 0 aliphatic carbocycles. The zero-order valence-electron chi connectivity index (χ0n) is 12.2. The third-order valence-electron chi connectivity index (χ3n) is 3.59. The highest BCUT2D eigenvalue weighted by atomic mass is 35.5. The van der Waals surface area contributed by atoms with Gasteiger partial charge in [0.05, 0.1) is 11.2 Å². The van der Waals surface area contributed by atoms with Crippen molar-refractivity contribution in [2.24, 2.45) is 0 Å². The van der Waals surface area contributed by atoms with Crippen LogP contribution in [0, 0.1) is 6.92 Å². The standard InChI is InChI=1S/C18H17ClN2/c1-3-20-18-12(2)17(13-7-5-4-6-8-13)21-16-10-9-14(19)11-15(16)18/h4-11H,3H2,1-2H3,(H,20,21). The number of halogens is 1. The van der Waals surface area contributed by atoms with E-state index < -0.39 is 0 Å². The fraction of sp³-hybridized carbons (Fsp3) is 0.167. The van der Waals surface area contributed by atoms with Crippen LogP contribution < -0.4 is 5.32 Å². The summed E-state index contributed by atoms with van der Waals surface area (Å²) in [6.07, 6.45) is 0. The van der Waals surface area contributed by atoms with Crippen LogP contribution >= 0.6 is 11.6 Å². The molecule has 0 amide bonds. The van der Waals surface area contributed by atoms with Crippen molar-refractivity contribution >= 4 is 28.2 Å². The molecule has 0 fully saturated rings. The molecular weight excluding hydrogens is 280 g/mol. The molecule has 0 spiro atoms. The first-order valence-corrected chi connectivity index (χ1v) is 7.47. The van der Waals surface area contributed by atoms with Gasteiger partial charge in [-0.3, -0.25) is 0 Å². The molecule has 3 rings (SSSR count). The van der Waals surface area contributed by atoms with Crippen molar-refractivity contribution in [1.29, 1.82) is 0 Å². The van der Waals surface area contributed by atoms with E-state index >= 15 is 0 Å². The van der Waals surface area contributed by atoms with Crippen molar-refractivity contribution in [1.82, 2.24) is 4.98 Å². The minimum atomic E-state index is 0.732. The maximum Gasteiger partial charge on any atom is 0.0759 e. The van der Waals surface area contributed by atoms with Crippen molar-refractivity contribution < 1.29 is 0 Å². The van der Waals surface area contributed by atoms with Crippen molar-refractivity contribution in [3.05, 3.63) is 59.1 Å². The van der Waals surface area contributed by atoms with Crippen LogP contribution in [0.1, 0.15) is 12.5 Å². The Hall–Kier alpha value is -2.06. The van der Waals surface area contributed by atoms with Crippen LogP contribution in [0.3, 0.4) is 0 Å². The Balaban J connectivity index is 2.32. The van der Waals surface area contributed by atoms with E-state index in [1.807, 2.05) is 36.4 Å². The fourth-order valence-corrected chi connectivity index (χ4v) is 2.78. The van der Waals surface area contributed by atoms with Gasteiger partial charge in [0.2, 0.25) is 0 Å². The van der Waals surface area contributed by atoms with Crippen LogP contribution in [-0.2, 0) is 0 Å². The van der Waals surface area contributed by atoms with Gasteiger partial charge in [-0.05, 0) is 37.6 Å². The Bertz CT molecular complexity index is 782. The van der Waals surface area contributed by atoms with Gasteiger partial charge in [-0.2, -0.15) is 0 Å². The number of hydrogen-bond acceptors (Lipinski definition) is 2. The predicted octanol–water partition coefficient (Wildman–Crippen LogP) is 5.30. The van der Waals surface area contributed by atoms with Crippen LogP contribution in [0.15, 0.2) is 48.5 Å². The maximum atomic E-state index is 6.14. The number of nitrogens with zero attached hydrogens (tertiary/aromatic N) is 1. The Morgan fingerprint density at radius 1 is 1.10 bits per heavy atom. The molecule has 1 heterocycles. The van der Waals surface area contributed by atoms with Gasteiger partial charge >= 0.3 is 0 Å². The monoisotopic (exact) mass is 296 g/mol. The molecule has 21 heavy (non-hydrogen) atoms. The summed E-state index contributed by atoms with van der Waals surface area (Å²) >= 11 is 6.14. The molecule has 2 nitrogen and oxygen atoms in total. The third-order valence-corrected chi connectivity index (χ3v) is 3.83. The summed E-state index contributed by atoms with van der Waals surface area (Å²) in [5.41, 5.74) is 5.37. The molecule has 0 saturated carbocycles. The van der Waals surface area contributed by atoms with Gasteiger partial charge in [-0.25, -0.2) is 4.98 Å². The highest BCUT2D eigenvalue weighted by Crippen LogP contribution is 2.34. The normalized spacial score (nSPS) is 10.8. The summed E-state index contributed by atoms with van der Waals surface area (Å²) in [5.74, 6) is 0. The van der Waals surface area contributed by atoms with E-state index in [4.69, 9.17) is 16.6 Å². The van der Waals surface area contributed by atoms with E-state index in [-0.39, 0.29) is 0 Å². The second-order valence-electron chi connectivity index (χ2n) is 5.02. The second kappa shape index (κ2) is 5.74. The molecule has 2 aromatic carbocycles. The number of rotatable bonds is 3. The first kappa shape index (κ1) is 13.9. The Kier molecular flexibility index (Phi) is 3.80. The topological polar surface area (TPSA) is 24.9 Å². The molecule has 0 unspecified atom stereocenters. The number of nitrogens with one attached hydrogen (secondary N) is 1. The lowest BCUT2D eigenvalue weighted by Gasteiger charge is -2.15. The molecule has 0 radical (unpaired) electrons. The number of anilines is 1. The molecule has 1 N–H and O–H groups in total. The van der Waals surface area contributed by atoms with Gasteiger partial charge in [-0.1, -0.05) is 41.9 Å². The van der Waals surface area contributed by atoms with Crippen LogP contribution in [0.25, 0.3) is 22.2 Å². The predicted molar refractivity (Wildman–Crippen MR) is 91.1 cm³/mol. The average molecular weight is 297 g/mol. The first-order valence-electron chi connectivity index (χ1n) is 7.10. The minimum Gasteiger partial charge on any atom is -0.384 e. The Labute approximate surface area is 129 Å². The average Bonchev–Trinajstić information content (AvgIpc) is 2.51. The van der Waals surface area contributed by atoms with Gasteiger partial charge in [0.1, 0.15) is 0 Å². The largest absolute Gasteiger partial charge is 0.384 e. The highest BCUT2D eigenvalue weighted by molar-refractivity contribution is 6.31. The van der Waals surface area contributed by atoms with E-state index in [1.165, 1.54) is 0 Å². The third kappa shape index (κ3) is 2.59. The van der Waals surface area contributed by atoms with Crippen molar-refractivity contribution in [2.45, 2.75) is 13.8 Å². The summed E-state index contributed by atoms with van der Waals surface area (Å²) in [7, 11) is 0. The van der Waals surface area contributed by atoms with E-state index in [0.29, 0.717) is 0 Å². The number of aromatic nitrogens is 1. The van der Waals surface area contributed by atoms with Crippen LogP contribution in [0.2, 0.25) is 5.02 Å². The molecule has 0 saturated heterocycles. The lowest BCUT2D eigenvalue weighted by molar-refractivity contribution is 1.20. The zero-order chi connectivity index (χ0) is 14.8. The SMILES string of the molecule is CCNc1c(C)c(-c2ccccc2)nc2ccc(Cl)cc12. The molecule has 0 atom stereocenters. The number of pyridine rings is 1. The molecule has 0 bridgehead atoms. The van der Waals surface area contributed by atoms with Crippen molar-refractivity contribution in [2.75, 3.05) is 11.9 Å². The Morgan fingerprint density at radius 2 is 1.86 bits per heavy atom. The van der Waals surface area contributed by atoms with Gasteiger partial charge in [0, 0.05) is 28.2 Å². The minimum absolute atomic E-state index is 0.732.